The molecule has 0 fully saturated rings. The number of hydrogen-bond donors (Lipinski definition) is 1. The first-order chi connectivity index (χ1) is 8.65. The van der Waals surface area contributed by atoms with Crippen LogP contribution in [-0.4, -0.2) is 22.3 Å². The van der Waals surface area contributed by atoms with Crippen molar-refractivity contribution in [1.29, 1.82) is 0 Å². The molecule has 0 spiro atoms. The number of nitrogens with one attached hydrogen (secondary N) is 1. The molecule has 0 saturated carbocycles. The Hall–Kier alpha value is -0.670. The minimum atomic E-state index is -0.713. The van der Waals surface area contributed by atoms with E-state index in [1.807, 2.05) is 0 Å². The van der Waals surface area contributed by atoms with Gasteiger partial charge in [0.2, 0.25) is 0 Å². The standard InChI is InChI=1S/C15H25NOS/c1-4-8-15(14-9-6-5-7-10-14)16-12-11-13(2)18(3)17/h5-7,9-10,13,15-16H,4,8,11-12H2,1-3H3. The van der Waals surface area contributed by atoms with E-state index in [1.165, 1.54) is 12.0 Å². The summed E-state index contributed by atoms with van der Waals surface area (Å²) < 4.78 is 11.3. The van der Waals surface area contributed by atoms with E-state index in [0.29, 0.717) is 6.04 Å². The summed E-state index contributed by atoms with van der Waals surface area (Å²) >= 11 is 0. The zero-order valence-electron chi connectivity index (χ0n) is 11.7. The van der Waals surface area contributed by atoms with Crippen molar-refractivity contribution in [1.82, 2.24) is 5.32 Å². The molecule has 3 unspecified atom stereocenters. The van der Waals surface area contributed by atoms with Gasteiger partial charge in [-0.05, 0) is 24.9 Å². The van der Waals surface area contributed by atoms with Crippen LogP contribution in [0.15, 0.2) is 30.3 Å². The molecule has 0 bridgehead atoms. The summed E-state index contributed by atoms with van der Waals surface area (Å²) in [5.74, 6) is 0. The highest BCUT2D eigenvalue weighted by Gasteiger charge is 2.11. The normalized spacial score (nSPS) is 16.2. The second kappa shape index (κ2) is 8.44. The lowest BCUT2D eigenvalue weighted by atomic mass is 10.0. The van der Waals surface area contributed by atoms with Gasteiger partial charge in [-0.3, -0.25) is 4.21 Å². The molecule has 18 heavy (non-hydrogen) atoms. The minimum Gasteiger partial charge on any atom is -0.310 e. The number of rotatable bonds is 8. The maximum Gasteiger partial charge on any atom is 0.0329 e. The van der Waals surface area contributed by atoms with Gasteiger partial charge in [0.15, 0.2) is 0 Å². The fourth-order valence-electron chi connectivity index (χ4n) is 1.99. The smallest absolute Gasteiger partial charge is 0.0329 e. The van der Waals surface area contributed by atoms with Crippen LogP contribution in [0.4, 0.5) is 0 Å². The molecule has 3 atom stereocenters. The fraction of sp³-hybridized carbons (Fsp3) is 0.600. The van der Waals surface area contributed by atoms with E-state index in [9.17, 15) is 4.21 Å². The Kier molecular flexibility index (Phi) is 7.21. The monoisotopic (exact) mass is 267 g/mol. The molecule has 1 rings (SSSR count). The van der Waals surface area contributed by atoms with E-state index < -0.39 is 10.8 Å². The van der Waals surface area contributed by atoms with Gasteiger partial charge in [-0.15, -0.1) is 0 Å². The van der Waals surface area contributed by atoms with Crippen LogP contribution >= 0.6 is 0 Å². The first-order valence-corrected chi connectivity index (χ1v) is 8.37. The van der Waals surface area contributed by atoms with Crippen LogP contribution in [0.1, 0.15) is 44.7 Å². The minimum absolute atomic E-state index is 0.274. The van der Waals surface area contributed by atoms with Crippen LogP contribution in [0.25, 0.3) is 0 Å². The van der Waals surface area contributed by atoms with Gasteiger partial charge >= 0.3 is 0 Å². The second-order valence-corrected chi connectivity index (χ2v) is 6.61. The lowest BCUT2D eigenvalue weighted by molar-refractivity contribution is 0.486. The first-order valence-electron chi connectivity index (χ1n) is 6.75. The first kappa shape index (κ1) is 15.4. The summed E-state index contributed by atoms with van der Waals surface area (Å²) in [5.41, 5.74) is 1.35. The molecule has 102 valence electrons. The predicted octanol–water partition coefficient (Wildman–Crippen LogP) is 3.27. The highest BCUT2D eigenvalue weighted by molar-refractivity contribution is 7.84. The number of benzene rings is 1. The summed E-state index contributed by atoms with van der Waals surface area (Å²) in [5, 5.41) is 3.86. The third kappa shape index (κ3) is 5.32. The van der Waals surface area contributed by atoms with Gasteiger partial charge in [-0.1, -0.05) is 50.6 Å². The van der Waals surface area contributed by atoms with E-state index in [2.05, 4.69) is 49.5 Å². The van der Waals surface area contributed by atoms with Gasteiger partial charge < -0.3 is 5.32 Å². The molecule has 3 heteroatoms. The average Bonchev–Trinajstić information content (AvgIpc) is 2.38. The topological polar surface area (TPSA) is 29.1 Å². The highest BCUT2D eigenvalue weighted by Crippen LogP contribution is 2.18. The van der Waals surface area contributed by atoms with Crippen LogP contribution in [0.3, 0.4) is 0 Å². The lowest BCUT2D eigenvalue weighted by Gasteiger charge is -2.19. The maximum atomic E-state index is 11.3. The Morgan fingerprint density at radius 1 is 1.22 bits per heavy atom. The summed E-state index contributed by atoms with van der Waals surface area (Å²) in [7, 11) is -0.713. The van der Waals surface area contributed by atoms with Crippen molar-refractivity contribution < 1.29 is 4.21 Å². The van der Waals surface area contributed by atoms with Crippen LogP contribution in [-0.2, 0) is 10.8 Å². The molecule has 0 heterocycles. The Balaban J connectivity index is 2.47. The molecule has 0 radical (unpaired) electrons. The van der Waals surface area contributed by atoms with Gasteiger partial charge in [0.1, 0.15) is 0 Å². The molecular formula is C15H25NOS. The molecule has 0 aliphatic rings. The van der Waals surface area contributed by atoms with E-state index in [4.69, 9.17) is 0 Å². The predicted molar refractivity (Wildman–Crippen MR) is 80.2 cm³/mol. The molecule has 1 aromatic carbocycles. The van der Waals surface area contributed by atoms with E-state index in [0.717, 1.165) is 19.4 Å². The highest BCUT2D eigenvalue weighted by atomic mass is 32.2. The van der Waals surface area contributed by atoms with Crippen molar-refractivity contribution in [3.05, 3.63) is 35.9 Å². The van der Waals surface area contributed by atoms with Crippen molar-refractivity contribution in [2.45, 2.75) is 44.4 Å². The molecule has 1 aromatic rings. The second-order valence-electron chi connectivity index (χ2n) is 4.80. The van der Waals surface area contributed by atoms with Crippen molar-refractivity contribution in [3.8, 4) is 0 Å². The SMILES string of the molecule is CCCC(NCCC(C)S(C)=O)c1ccccc1. The Morgan fingerprint density at radius 2 is 1.89 bits per heavy atom. The summed E-state index contributed by atoms with van der Waals surface area (Å²) in [6.07, 6.45) is 5.07. The van der Waals surface area contributed by atoms with Crippen molar-refractivity contribution >= 4 is 10.8 Å². The van der Waals surface area contributed by atoms with Gasteiger partial charge in [0, 0.05) is 28.3 Å². The Labute approximate surface area is 114 Å². The van der Waals surface area contributed by atoms with Crippen LogP contribution in [0.2, 0.25) is 0 Å². The van der Waals surface area contributed by atoms with E-state index in [-0.39, 0.29) is 5.25 Å². The molecule has 0 aliphatic heterocycles. The summed E-state index contributed by atoms with van der Waals surface area (Å²) in [6.45, 7) is 5.19. The fourth-order valence-corrected chi connectivity index (χ4v) is 2.44. The van der Waals surface area contributed by atoms with Crippen molar-refractivity contribution in [3.63, 3.8) is 0 Å². The third-order valence-electron chi connectivity index (χ3n) is 3.29. The zero-order chi connectivity index (χ0) is 13.4. The van der Waals surface area contributed by atoms with Crippen molar-refractivity contribution in [2.24, 2.45) is 0 Å². The Morgan fingerprint density at radius 3 is 2.44 bits per heavy atom. The van der Waals surface area contributed by atoms with E-state index >= 15 is 0 Å². The molecule has 0 aromatic heterocycles. The quantitative estimate of drug-likeness (QED) is 0.783. The molecule has 2 nitrogen and oxygen atoms in total. The zero-order valence-corrected chi connectivity index (χ0v) is 12.5. The third-order valence-corrected chi connectivity index (χ3v) is 4.66. The lowest BCUT2D eigenvalue weighted by Crippen LogP contribution is -2.25. The molecule has 1 N–H and O–H groups in total. The number of hydrogen-bond acceptors (Lipinski definition) is 2. The van der Waals surface area contributed by atoms with E-state index in [1.54, 1.807) is 6.26 Å². The molecular weight excluding hydrogens is 242 g/mol. The van der Waals surface area contributed by atoms with Gasteiger partial charge in [-0.25, -0.2) is 0 Å². The van der Waals surface area contributed by atoms with Crippen molar-refractivity contribution in [2.75, 3.05) is 12.8 Å². The van der Waals surface area contributed by atoms with Crippen LogP contribution < -0.4 is 5.32 Å². The van der Waals surface area contributed by atoms with Gasteiger partial charge in [0.25, 0.3) is 0 Å². The molecule has 0 saturated heterocycles. The molecule has 0 aliphatic carbocycles. The van der Waals surface area contributed by atoms with Crippen LogP contribution in [0, 0.1) is 0 Å². The van der Waals surface area contributed by atoms with Crippen LogP contribution in [0.5, 0.6) is 0 Å². The average molecular weight is 267 g/mol. The Bertz CT molecular complexity index is 353. The maximum absolute atomic E-state index is 11.3. The largest absolute Gasteiger partial charge is 0.310 e. The summed E-state index contributed by atoms with van der Waals surface area (Å²) in [4.78, 5) is 0. The van der Waals surface area contributed by atoms with Gasteiger partial charge in [-0.2, -0.15) is 0 Å². The summed E-state index contributed by atoms with van der Waals surface area (Å²) in [6, 6.07) is 11.0. The molecule has 0 amide bonds. The van der Waals surface area contributed by atoms with Gasteiger partial charge in [0.05, 0.1) is 0 Å².